The molecule has 8 heteroatoms. The second kappa shape index (κ2) is 6.58. The van der Waals surface area contributed by atoms with E-state index in [4.69, 9.17) is 11.6 Å². The molecule has 0 atom stereocenters. The van der Waals surface area contributed by atoms with Crippen molar-refractivity contribution in [1.82, 2.24) is 14.8 Å². The van der Waals surface area contributed by atoms with Crippen LogP contribution in [-0.4, -0.2) is 26.5 Å². The number of hydrogen-bond acceptors (Lipinski definition) is 5. The van der Waals surface area contributed by atoms with Gasteiger partial charge in [-0.1, -0.05) is 36.8 Å². The molecule has 4 rings (SSSR count). The predicted octanol–water partition coefficient (Wildman–Crippen LogP) is 4.39. The summed E-state index contributed by atoms with van der Waals surface area (Å²) in [6, 6.07) is 7.16. The number of nitrogens with zero attached hydrogens (tertiary/aromatic N) is 3. The van der Waals surface area contributed by atoms with Crippen LogP contribution in [0.1, 0.15) is 46.0 Å². The highest BCUT2D eigenvalue weighted by atomic mass is 35.5. The van der Waals surface area contributed by atoms with E-state index in [0.717, 1.165) is 17.8 Å². The van der Waals surface area contributed by atoms with Crippen LogP contribution in [0.5, 0.6) is 0 Å². The monoisotopic (exact) mass is 400 g/mol. The molecule has 1 aromatic carbocycles. The molecule has 1 aliphatic carbocycles. The Bertz CT molecular complexity index is 1040. The highest BCUT2D eigenvalue weighted by Crippen LogP contribution is 2.38. The van der Waals surface area contributed by atoms with Gasteiger partial charge in [0.15, 0.2) is 10.9 Å². The van der Waals surface area contributed by atoms with Crippen molar-refractivity contribution in [3.05, 3.63) is 57.8 Å². The Morgan fingerprint density at radius 2 is 2.00 bits per heavy atom. The van der Waals surface area contributed by atoms with E-state index in [2.05, 4.69) is 29.2 Å². The summed E-state index contributed by atoms with van der Waals surface area (Å²) in [6.07, 6.45) is 4.37. The van der Waals surface area contributed by atoms with Gasteiger partial charge in [-0.25, -0.2) is 9.67 Å². The number of carbonyl (C=O) groups is 2. The van der Waals surface area contributed by atoms with Gasteiger partial charge in [0.05, 0.1) is 28.0 Å². The van der Waals surface area contributed by atoms with Crippen molar-refractivity contribution < 1.29 is 9.59 Å². The molecule has 1 amide bonds. The van der Waals surface area contributed by atoms with Crippen molar-refractivity contribution in [3.8, 4) is 5.69 Å². The number of thiazole rings is 1. The fourth-order valence-corrected chi connectivity index (χ4v) is 4.16. The van der Waals surface area contributed by atoms with E-state index in [1.807, 2.05) is 12.1 Å². The first-order chi connectivity index (χ1) is 12.8. The average molecular weight is 401 g/mol. The molecule has 0 unspecified atom stereocenters. The molecule has 27 heavy (non-hydrogen) atoms. The number of benzene rings is 1. The molecule has 0 bridgehead atoms. The van der Waals surface area contributed by atoms with Gasteiger partial charge in [-0.05, 0) is 36.1 Å². The first kappa shape index (κ1) is 17.9. The Kier molecular flexibility index (Phi) is 4.36. The summed E-state index contributed by atoms with van der Waals surface area (Å²) in [6.45, 7) is 4.10. The fraction of sp³-hybridized carbons (Fsp3) is 0.263. The maximum absolute atomic E-state index is 12.5. The zero-order valence-corrected chi connectivity index (χ0v) is 16.4. The third kappa shape index (κ3) is 3.65. The number of rotatable bonds is 3. The number of halogens is 1. The number of ketones is 1. The van der Waals surface area contributed by atoms with Gasteiger partial charge in [0, 0.05) is 17.6 Å². The molecular weight excluding hydrogens is 384 g/mol. The Balaban J connectivity index is 1.52. The summed E-state index contributed by atoms with van der Waals surface area (Å²) in [5.41, 5.74) is 1.88. The van der Waals surface area contributed by atoms with E-state index in [9.17, 15) is 9.59 Å². The molecule has 138 valence electrons. The van der Waals surface area contributed by atoms with Crippen molar-refractivity contribution in [2.45, 2.75) is 26.7 Å². The summed E-state index contributed by atoms with van der Waals surface area (Å²) in [7, 11) is 0. The van der Waals surface area contributed by atoms with Gasteiger partial charge in [0.2, 0.25) is 0 Å². The van der Waals surface area contributed by atoms with Gasteiger partial charge in [0.1, 0.15) is 0 Å². The first-order valence-corrected chi connectivity index (χ1v) is 9.65. The van der Waals surface area contributed by atoms with Crippen LogP contribution in [0.4, 0.5) is 5.13 Å². The molecule has 6 nitrogen and oxygen atoms in total. The molecule has 2 aromatic heterocycles. The number of fused-ring (bicyclic) bond motifs is 1. The van der Waals surface area contributed by atoms with Crippen LogP contribution in [0.3, 0.4) is 0 Å². The van der Waals surface area contributed by atoms with Gasteiger partial charge in [-0.15, -0.1) is 0 Å². The van der Waals surface area contributed by atoms with E-state index in [0.29, 0.717) is 27.0 Å². The third-order valence-corrected chi connectivity index (χ3v) is 5.70. The lowest BCUT2D eigenvalue weighted by molar-refractivity contribution is 0.0915. The maximum Gasteiger partial charge on any atom is 0.260 e. The molecule has 0 fully saturated rings. The summed E-state index contributed by atoms with van der Waals surface area (Å²) >= 11 is 7.13. The lowest BCUT2D eigenvalue weighted by Gasteiger charge is -2.26. The number of anilines is 1. The van der Waals surface area contributed by atoms with Crippen LogP contribution in [0.2, 0.25) is 5.02 Å². The van der Waals surface area contributed by atoms with E-state index in [-0.39, 0.29) is 17.1 Å². The SMILES string of the molecule is CC1(C)CC(=O)c2sc(NC(=O)c3cnn(-c4ccc(Cl)cc4)c3)nc2C1. The Morgan fingerprint density at radius 3 is 2.74 bits per heavy atom. The van der Waals surface area contributed by atoms with Crippen molar-refractivity contribution in [1.29, 1.82) is 0 Å². The molecule has 0 radical (unpaired) electrons. The fourth-order valence-electron chi connectivity index (χ4n) is 3.12. The van der Waals surface area contributed by atoms with Gasteiger partial charge < -0.3 is 0 Å². The van der Waals surface area contributed by atoms with Crippen LogP contribution >= 0.6 is 22.9 Å². The van der Waals surface area contributed by atoms with Crippen molar-refractivity contribution in [2.24, 2.45) is 5.41 Å². The number of Topliss-reactive ketones (excluding diaryl/α,β-unsaturated/α-hetero) is 1. The van der Waals surface area contributed by atoms with Crippen LogP contribution in [0, 0.1) is 5.41 Å². The molecular formula is C19H17ClN4O2S. The van der Waals surface area contributed by atoms with Crippen LogP contribution in [0.15, 0.2) is 36.7 Å². The third-order valence-electron chi connectivity index (χ3n) is 4.39. The van der Waals surface area contributed by atoms with Gasteiger partial charge >= 0.3 is 0 Å². The molecule has 0 aliphatic heterocycles. The zero-order chi connectivity index (χ0) is 19.2. The molecule has 3 aromatic rings. The van der Waals surface area contributed by atoms with Crippen LogP contribution in [-0.2, 0) is 6.42 Å². The molecule has 0 saturated carbocycles. The predicted molar refractivity (Wildman–Crippen MR) is 105 cm³/mol. The van der Waals surface area contributed by atoms with E-state index >= 15 is 0 Å². The highest BCUT2D eigenvalue weighted by molar-refractivity contribution is 7.17. The number of hydrogen-bond donors (Lipinski definition) is 1. The maximum atomic E-state index is 12.5. The first-order valence-electron chi connectivity index (χ1n) is 8.46. The summed E-state index contributed by atoms with van der Waals surface area (Å²) in [5.74, 6) is -0.220. The summed E-state index contributed by atoms with van der Waals surface area (Å²) in [4.78, 5) is 29.9. The van der Waals surface area contributed by atoms with Crippen molar-refractivity contribution in [3.63, 3.8) is 0 Å². The normalized spacial score (nSPS) is 15.4. The molecule has 2 heterocycles. The average Bonchev–Trinajstić information content (AvgIpc) is 3.21. The second-order valence-corrected chi connectivity index (χ2v) is 8.78. The Labute approximate surface area is 165 Å². The van der Waals surface area contributed by atoms with Crippen LogP contribution in [0.25, 0.3) is 5.69 Å². The molecule has 1 N–H and O–H groups in total. The quantitative estimate of drug-likeness (QED) is 0.707. The Hall–Kier alpha value is -2.51. The topological polar surface area (TPSA) is 76.9 Å². The van der Waals surface area contributed by atoms with Gasteiger partial charge in [0.25, 0.3) is 5.91 Å². The Morgan fingerprint density at radius 1 is 1.26 bits per heavy atom. The standard InChI is InChI=1S/C19H17ClN4O2S/c1-19(2)7-14-16(15(25)8-19)27-18(22-14)23-17(26)11-9-21-24(10-11)13-5-3-12(20)4-6-13/h3-6,9-10H,7-8H2,1-2H3,(H,22,23,26). The minimum atomic E-state index is -0.312. The van der Waals surface area contributed by atoms with Crippen molar-refractivity contribution >= 4 is 39.8 Å². The number of carbonyl (C=O) groups excluding carboxylic acids is 2. The minimum absolute atomic E-state index is 0.0924. The lowest BCUT2D eigenvalue weighted by atomic mass is 9.78. The van der Waals surface area contributed by atoms with Crippen molar-refractivity contribution in [2.75, 3.05) is 5.32 Å². The number of amides is 1. The molecule has 0 saturated heterocycles. The smallest absolute Gasteiger partial charge is 0.260 e. The van der Waals surface area contributed by atoms with Crippen LogP contribution < -0.4 is 5.32 Å². The molecule has 0 spiro atoms. The largest absolute Gasteiger partial charge is 0.298 e. The summed E-state index contributed by atoms with van der Waals surface area (Å²) < 4.78 is 1.60. The number of aromatic nitrogens is 3. The molecule has 1 aliphatic rings. The van der Waals surface area contributed by atoms with E-state index < -0.39 is 0 Å². The highest BCUT2D eigenvalue weighted by Gasteiger charge is 2.34. The lowest BCUT2D eigenvalue weighted by Crippen LogP contribution is -2.26. The minimum Gasteiger partial charge on any atom is -0.298 e. The van der Waals surface area contributed by atoms with Gasteiger partial charge in [-0.3, -0.25) is 14.9 Å². The second-order valence-electron chi connectivity index (χ2n) is 7.34. The van der Waals surface area contributed by atoms with Gasteiger partial charge in [-0.2, -0.15) is 5.10 Å². The number of nitrogens with one attached hydrogen (secondary N) is 1. The zero-order valence-electron chi connectivity index (χ0n) is 14.8. The van der Waals surface area contributed by atoms with E-state index in [1.165, 1.54) is 17.5 Å². The summed E-state index contributed by atoms with van der Waals surface area (Å²) in [5, 5.41) is 8.07. The van der Waals surface area contributed by atoms with E-state index in [1.54, 1.807) is 23.0 Å².